The van der Waals surface area contributed by atoms with Crippen molar-refractivity contribution in [3.63, 3.8) is 0 Å². The largest absolute Gasteiger partial charge is 0.479 e. The van der Waals surface area contributed by atoms with Crippen LogP contribution < -0.4 is 10.1 Å². The molecule has 8 nitrogen and oxygen atoms in total. The second-order valence-corrected chi connectivity index (χ2v) is 7.07. The molecule has 28 heavy (non-hydrogen) atoms. The molecule has 2 atom stereocenters. The Morgan fingerprint density at radius 3 is 2.89 bits per heavy atom. The van der Waals surface area contributed by atoms with Crippen molar-refractivity contribution in [2.45, 2.75) is 12.2 Å². The summed E-state index contributed by atoms with van der Waals surface area (Å²) in [4.78, 5) is 10.7. The van der Waals surface area contributed by atoms with Crippen molar-refractivity contribution in [2.24, 2.45) is 0 Å². The van der Waals surface area contributed by atoms with Gasteiger partial charge in [-0.3, -0.25) is 0 Å². The van der Waals surface area contributed by atoms with Gasteiger partial charge in [-0.15, -0.1) is 5.10 Å². The van der Waals surface area contributed by atoms with E-state index in [-0.39, 0.29) is 6.04 Å². The molecule has 0 saturated carbocycles. The lowest BCUT2D eigenvalue weighted by Gasteiger charge is -2.15. The van der Waals surface area contributed by atoms with E-state index < -0.39 is 6.17 Å². The van der Waals surface area contributed by atoms with Crippen LogP contribution in [-0.2, 0) is 0 Å². The number of hydrogen-bond acceptors (Lipinski definition) is 6. The number of rotatable bonds is 4. The lowest BCUT2D eigenvalue weighted by Crippen LogP contribution is -2.30. The van der Waals surface area contributed by atoms with E-state index in [2.05, 4.69) is 20.4 Å². The molecule has 1 N–H and O–H groups in total. The van der Waals surface area contributed by atoms with E-state index in [1.54, 1.807) is 17.8 Å². The molecule has 0 bridgehead atoms. The number of pyridine rings is 1. The number of nitrogens with one attached hydrogen (secondary N) is 1. The smallest absolute Gasteiger partial charge is 0.244 e. The van der Waals surface area contributed by atoms with E-state index in [9.17, 15) is 4.39 Å². The Balaban J connectivity index is 1.55. The number of methoxy groups -OCH3 is 1. The van der Waals surface area contributed by atoms with E-state index in [1.807, 2.05) is 53.1 Å². The molecule has 1 saturated heterocycles. The van der Waals surface area contributed by atoms with E-state index >= 15 is 0 Å². The topological polar surface area (TPSA) is 72.0 Å². The van der Waals surface area contributed by atoms with Gasteiger partial charge < -0.3 is 19.4 Å². The van der Waals surface area contributed by atoms with Crippen molar-refractivity contribution in [3.05, 3.63) is 43.0 Å². The summed E-state index contributed by atoms with van der Waals surface area (Å²) >= 11 is 0. The Morgan fingerprint density at radius 2 is 2.11 bits per heavy atom. The minimum Gasteiger partial charge on any atom is -0.479 e. The second kappa shape index (κ2) is 6.45. The van der Waals surface area contributed by atoms with Crippen molar-refractivity contribution in [3.8, 4) is 17.0 Å². The van der Waals surface area contributed by atoms with Crippen LogP contribution in [-0.4, -0.2) is 68.3 Å². The van der Waals surface area contributed by atoms with Gasteiger partial charge in [0.05, 0.1) is 13.2 Å². The van der Waals surface area contributed by atoms with E-state index in [0.29, 0.717) is 24.9 Å². The maximum atomic E-state index is 14.1. The molecule has 9 heteroatoms. The molecule has 1 fully saturated rings. The zero-order valence-corrected chi connectivity index (χ0v) is 15.6. The SMILES string of the molecule is COc1nc(N[C@@H]2CN(C)C[C@@H]2F)nn2ccc(-c3ccc4nccn4c3)c12. The fourth-order valence-electron chi connectivity index (χ4n) is 3.76. The first kappa shape index (κ1) is 16.9. The Morgan fingerprint density at radius 1 is 1.21 bits per heavy atom. The summed E-state index contributed by atoms with van der Waals surface area (Å²) in [5.41, 5.74) is 3.58. The Labute approximate surface area is 160 Å². The number of imidazole rings is 1. The number of alkyl halides is 1. The van der Waals surface area contributed by atoms with Gasteiger partial charge in [-0.05, 0) is 25.2 Å². The molecule has 4 aromatic rings. The predicted octanol–water partition coefficient (Wildman–Crippen LogP) is 2.12. The highest BCUT2D eigenvalue weighted by Crippen LogP contribution is 2.31. The van der Waals surface area contributed by atoms with Crippen molar-refractivity contribution in [2.75, 3.05) is 32.6 Å². The zero-order valence-electron chi connectivity index (χ0n) is 15.6. The highest BCUT2D eigenvalue weighted by atomic mass is 19.1. The van der Waals surface area contributed by atoms with Gasteiger partial charge in [0.2, 0.25) is 11.8 Å². The monoisotopic (exact) mass is 381 g/mol. The van der Waals surface area contributed by atoms with Gasteiger partial charge >= 0.3 is 0 Å². The molecule has 5 rings (SSSR count). The fourth-order valence-corrected chi connectivity index (χ4v) is 3.76. The van der Waals surface area contributed by atoms with Crippen molar-refractivity contribution >= 4 is 17.1 Å². The van der Waals surface area contributed by atoms with Gasteiger partial charge in [0, 0.05) is 49.0 Å². The number of likely N-dealkylation sites (N-methyl/N-ethyl adjacent to an activating group) is 1. The lowest BCUT2D eigenvalue weighted by molar-refractivity contribution is 0.313. The van der Waals surface area contributed by atoms with E-state index in [0.717, 1.165) is 22.3 Å². The molecule has 5 heterocycles. The first-order valence-electron chi connectivity index (χ1n) is 9.08. The first-order valence-corrected chi connectivity index (χ1v) is 9.08. The minimum absolute atomic E-state index is 0.342. The second-order valence-electron chi connectivity index (χ2n) is 7.07. The third-order valence-electron chi connectivity index (χ3n) is 5.12. The number of nitrogens with zero attached hydrogens (tertiary/aromatic N) is 6. The van der Waals surface area contributed by atoms with Crippen LogP contribution in [0.1, 0.15) is 0 Å². The van der Waals surface area contributed by atoms with Crippen LogP contribution >= 0.6 is 0 Å². The molecule has 0 radical (unpaired) electrons. The molecule has 0 amide bonds. The Kier molecular flexibility index (Phi) is 3.90. The molecule has 0 unspecified atom stereocenters. The maximum absolute atomic E-state index is 14.1. The van der Waals surface area contributed by atoms with Crippen LogP contribution in [0.2, 0.25) is 0 Å². The number of ether oxygens (including phenoxy) is 1. The molecule has 4 aromatic heterocycles. The Hall–Kier alpha value is -3.20. The minimum atomic E-state index is -0.961. The van der Waals surface area contributed by atoms with Crippen molar-refractivity contribution in [1.82, 2.24) is 28.9 Å². The van der Waals surface area contributed by atoms with Crippen LogP contribution in [0.15, 0.2) is 43.0 Å². The fraction of sp³-hybridized carbons (Fsp3) is 0.316. The van der Waals surface area contributed by atoms with Crippen LogP contribution in [0.5, 0.6) is 5.88 Å². The highest BCUT2D eigenvalue weighted by molar-refractivity contribution is 5.84. The third kappa shape index (κ3) is 2.75. The number of aromatic nitrogens is 5. The standard InChI is InChI=1S/C19H20FN7O/c1-25-10-14(20)15(11-25)22-19-23-18(28-2)17-13(5-7-27(17)24-19)12-3-4-16-21-6-8-26(16)9-12/h3-9,14-15H,10-11H2,1-2H3,(H,22,24)/t14-,15+/m0/s1. The van der Waals surface area contributed by atoms with Crippen LogP contribution in [0.25, 0.3) is 22.3 Å². The summed E-state index contributed by atoms with van der Waals surface area (Å²) < 4.78 is 23.4. The molecule has 1 aliphatic rings. The summed E-state index contributed by atoms with van der Waals surface area (Å²) in [6.07, 6.45) is 6.56. The van der Waals surface area contributed by atoms with Gasteiger partial charge in [-0.1, -0.05) is 0 Å². The van der Waals surface area contributed by atoms with Crippen molar-refractivity contribution in [1.29, 1.82) is 0 Å². The zero-order chi connectivity index (χ0) is 19.3. The molecule has 1 aliphatic heterocycles. The molecule has 0 spiro atoms. The van der Waals surface area contributed by atoms with Crippen LogP contribution in [0.3, 0.4) is 0 Å². The van der Waals surface area contributed by atoms with E-state index in [4.69, 9.17) is 4.74 Å². The summed E-state index contributed by atoms with van der Waals surface area (Å²) in [5.74, 6) is 0.782. The molecule has 144 valence electrons. The number of likely N-dealkylation sites (tertiary alicyclic amines) is 1. The maximum Gasteiger partial charge on any atom is 0.244 e. The third-order valence-corrected chi connectivity index (χ3v) is 5.12. The van der Waals surface area contributed by atoms with Gasteiger partial charge in [-0.25, -0.2) is 13.9 Å². The average Bonchev–Trinajstić information content (AvgIpc) is 3.39. The summed E-state index contributed by atoms with van der Waals surface area (Å²) in [5, 5.41) is 7.62. The van der Waals surface area contributed by atoms with Gasteiger partial charge in [-0.2, -0.15) is 4.98 Å². The van der Waals surface area contributed by atoms with Crippen LogP contribution in [0.4, 0.5) is 10.3 Å². The normalized spacial score (nSPS) is 20.2. The average molecular weight is 381 g/mol. The summed E-state index contributed by atoms with van der Waals surface area (Å²) in [7, 11) is 3.47. The number of halogens is 1. The molecular formula is C19H20FN7O. The summed E-state index contributed by atoms with van der Waals surface area (Å²) in [6, 6.07) is 5.59. The lowest BCUT2D eigenvalue weighted by atomic mass is 10.1. The number of anilines is 1. The van der Waals surface area contributed by atoms with Gasteiger partial charge in [0.25, 0.3) is 0 Å². The predicted molar refractivity (Wildman–Crippen MR) is 104 cm³/mol. The molecule has 0 aromatic carbocycles. The highest BCUT2D eigenvalue weighted by Gasteiger charge is 2.31. The van der Waals surface area contributed by atoms with Gasteiger partial charge in [0.15, 0.2) is 0 Å². The molecular weight excluding hydrogens is 361 g/mol. The first-order chi connectivity index (χ1) is 13.6. The van der Waals surface area contributed by atoms with E-state index in [1.165, 1.54) is 0 Å². The summed E-state index contributed by atoms with van der Waals surface area (Å²) in [6.45, 7) is 1.01. The van der Waals surface area contributed by atoms with Crippen molar-refractivity contribution < 1.29 is 9.13 Å². The number of fused-ring (bicyclic) bond motifs is 2. The molecule has 0 aliphatic carbocycles. The quantitative estimate of drug-likeness (QED) is 0.584. The Bertz CT molecular complexity index is 1150. The number of hydrogen-bond donors (Lipinski definition) is 1. The van der Waals surface area contributed by atoms with Gasteiger partial charge in [0.1, 0.15) is 17.3 Å². The van der Waals surface area contributed by atoms with Crippen LogP contribution in [0, 0.1) is 0 Å².